The number of sulfonamides is 1. The Hall–Kier alpha value is -1.84. The van der Waals surface area contributed by atoms with Gasteiger partial charge in [-0.15, -0.1) is 0 Å². The fourth-order valence-electron chi connectivity index (χ4n) is 1.78. The summed E-state index contributed by atoms with van der Waals surface area (Å²) < 4.78 is 55.2. The molecule has 0 aliphatic heterocycles. The van der Waals surface area contributed by atoms with E-state index >= 15 is 0 Å². The van der Waals surface area contributed by atoms with Crippen molar-refractivity contribution in [2.75, 3.05) is 6.54 Å². The molecule has 0 atom stereocenters. The minimum absolute atomic E-state index is 0.0491. The summed E-state index contributed by atoms with van der Waals surface area (Å²) in [5.41, 5.74) is 4.77. The largest absolute Gasteiger partial charge is 0.336 e. The van der Waals surface area contributed by atoms with Gasteiger partial charge in [0.25, 0.3) is 0 Å². The molecule has 21 heavy (non-hydrogen) atoms. The molecule has 2 rings (SSSR count). The molecule has 6 nitrogen and oxygen atoms in total. The number of nitrogens with one attached hydrogen (secondary N) is 1. The third-order valence-electron chi connectivity index (χ3n) is 2.87. The summed E-state index contributed by atoms with van der Waals surface area (Å²) in [6, 6.07) is 1.76. The van der Waals surface area contributed by atoms with Crippen LogP contribution in [0, 0.1) is 11.6 Å². The number of aromatic nitrogens is 2. The van der Waals surface area contributed by atoms with E-state index < -0.39 is 38.7 Å². The molecular formula is C12H14F2N4O2S. The molecule has 0 saturated carbocycles. The van der Waals surface area contributed by atoms with Gasteiger partial charge in [-0.2, -0.15) is 0 Å². The first-order valence-electron chi connectivity index (χ1n) is 6.08. The maximum absolute atomic E-state index is 14.0. The first kappa shape index (κ1) is 15.5. The number of nitrogens with zero attached hydrogens (tertiary/aromatic N) is 2. The average molecular weight is 316 g/mol. The van der Waals surface area contributed by atoms with Crippen molar-refractivity contribution < 1.29 is 17.2 Å². The highest BCUT2D eigenvalue weighted by Crippen LogP contribution is 2.20. The van der Waals surface area contributed by atoms with Crippen molar-refractivity contribution >= 4 is 10.0 Å². The predicted octanol–water partition coefficient (Wildman–Crippen LogP) is 0.598. The van der Waals surface area contributed by atoms with E-state index in [1.54, 1.807) is 17.0 Å². The molecule has 0 radical (unpaired) electrons. The standard InChI is InChI=1S/C12H14F2N4O2S/c13-10-1-2-11(12(14)9(10)7-15)21(19,20)17-4-6-18-5-3-16-8-18/h1-3,5,8,17H,4,6-7,15H2. The number of imidazole rings is 1. The van der Waals surface area contributed by atoms with Crippen LogP contribution in [0.1, 0.15) is 5.56 Å². The van der Waals surface area contributed by atoms with Gasteiger partial charge in [-0.25, -0.2) is 26.9 Å². The molecule has 0 saturated heterocycles. The van der Waals surface area contributed by atoms with Gasteiger partial charge in [0.1, 0.15) is 10.7 Å². The van der Waals surface area contributed by atoms with E-state index in [0.29, 0.717) is 6.54 Å². The van der Waals surface area contributed by atoms with Gasteiger partial charge < -0.3 is 10.3 Å². The average Bonchev–Trinajstić information content (AvgIpc) is 2.92. The Balaban J connectivity index is 2.16. The van der Waals surface area contributed by atoms with Crippen molar-refractivity contribution in [2.45, 2.75) is 18.0 Å². The van der Waals surface area contributed by atoms with Gasteiger partial charge in [-0.3, -0.25) is 0 Å². The molecule has 0 amide bonds. The third kappa shape index (κ3) is 3.43. The lowest BCUT2D eigenvalue weighted by Crippen LogP contribution is -2.28. The lowest BCUT2D eigenvalue weighted by molar-refractivity contribution is 0.524. The molecule has 0 bridgehead atoms. The van der Waals surface area contributed by atoms with E-state index in [2.05, 4.69) is 9.71 Å². The molecule has 1 aromatic carbocycles. The highest BCUT2D eigenvalue weighted by Gasteiger charge is 2.22. The highest BCUT2D eigenvalue weighted by atomic mass is 32.2. The monoisotopic (exact) mass is 316 g/mol. The van der Waals surface area contributed by atoms with Crippen molar-refractivity contribution in [1.29, 1.82) is 0 Å². The maximum Gasteiger partial charge on any atom is 0.243 e. The summed E-state index contributed by atoms with van der Waals surface area (Å²) in [6.45, 7) is -0.0324. The second kappa shape index (κ2) is 6.29. The molecule has 2 aromatic rings. The SMILES string of the molecule is NCc1c(F)ccc(S(=O)(=O)NCCn2ccnc2)c1F. The second-order valence-electron chi connectivity index (χ2n) is 4.24. The minimum atomic E-state index is -4.07. The van der Waals surface area contributed by atoms with E-state index in [1.165, 1.54) is 6.33 Å². The molecular weight excluding hydrogens is 302 g/mol. The van der Waals surface area contributed by atoms with Gasteiger partial charge in [0, 0.05) is 37.6 Å². The van der Waals surface area contributed by atoms with Gasteiger partial charge in [-0.05, 0) is 12.1 Å². The number of benzene rings is 1. The molecule has 0 unspecified atom stereocenters. The number of rotatable bonds is 6. The highest BCUT2D eigenvalue weighted by molar-refractivity contribution is 7.89. The van der Waals surface area contributed by atoms with Crippen LogP contribution in [0.3, 0.4) is 0 Å². The van der Waals surface area contributed by atoms with Crippen molar-refractivity contribution in [3.63, 3.8) is 0 Å². The van der Waals surface area contributed by atoms with Gasteiger partial charge in [0.05, 0.1) is 6.33 Å². The summed E-state index contributed by atoms with van der Waals surface area (Å²) in [6.07, 6.45) is 4.75. The molecule has 0 aliphatic carbocycles. The van der Waals surface area contributed by atoms with Crippen LogP contribution < -0.4 is 10.5 Å². The smallest absolute Gasteiger partial charge is 0.243 e. The Morgan fingerprint density at radius 3 is 2.71 bits per heavy atom. The minimum Gasteiger partial charge on any atom is -0.336 e. The third-order valence-corrected chi connectivity index (χ3v) is 4.34. The zero-order valence-corrected chi connectivity index (χ0v) is 11.8. The van der Waals surface area contributed by atoms with Crippen LogP contribution in [0.5, 0.6) is 0 Å². The fourth-order valence-corrected chi connectivity index (χ4v) is 2.90. The molecule has 1 aromatic heterocycles. The summed E-state index contributed by atoms with van der Waals surface area (Å²) in [7, 11) is -4.07. The predicted molar refractivity (Wildman–Crippen MR) is 71.7 cm³/mol. The van der Waals surface area contributed by atoms with Gasteiger partial charge in [0.2, 0.25) is 10.0 Å². The second-order valence-corrected chi connectivity index (χ2v) is 5.98. The van der Waals surface area contributed by atoms with Crippen LogP contribution in [0.2, 0.25) is 0 Å². The summed E-state index contributed by atoms with van der Waals surface area (Å²) in [5.74, 6) is -2.03. The number of hydrogen-bond donors (Lipinski definition) is 2. The molecule has 114 valence electrons. The molecule has 3 N–H and O–H groups in total. The lowest BCUT2D eigenvalue weighted by atomic mass is 10.2. The van der Waals surface area contributed by atoms with E-state index in [0.717, 1.165) is 12.1 Å². The molecule has 9 heteroatoms. The van der Waals surface area contributed by atoms with Crippen LogP contribution in [-0.4, -0.2) is 24.5 Å². The van der Waals surface area contributed by atoms with Crippen molar-refractivity contribution in [3.8, 4) is 0 Å². The molecule has 0 spiro atoms. The van der Waals surface area contributed by atoms with Crippen molar-refractivity contribution in [1.82, 2.24) is 14.3 Å². The van der Waals surface area contributed by atoms with Gasteiger partial charge >= 0.3 is 0 Å². The zero-order valence-electron chi connectivity index (χ0n) is 11.0. The van der Waals surface area contributed by atoms with Crippen LogP contribution >= 0.6 is 0 Å². The van der Waals surface area contributed by atoms with Crippen LogP contribution in [-0.2, 0) is 23.1 Å². The Kier molecular flexibility index (Phi) is 4.66. The van der Waals surface area contributed by atoms with E-state index in [1.807, 2.05) is 0 Å². The van der Waals surface area contributed by atoms with Gasteiger partial charge in [-0.1, -0.05) is 0 Å². The Labute approximate surface area is 120 Å². The van der Waals surface area contributed by atoms with E-state index in [4.69, 9.17) is 5.73 Å². The first-order chi connectivity index (χ1) is 9.95. The maximum atomic E-state index is 14.0. The number of halogens is 2. The van der Waals surface area contributed by atoms with Crippen molar-refractivity contribution in [2.24, 2.45) is 5.73 Å². The normalized spacial score (nSPS) is 11.8. The first-order valence-corrected chi connectivity index (χ1v) is 7.56. The van der Waals surface area contributed by atoms with E-state index in [-0.39, 0.29) is 6.54 Å². The van der Waals surface area contributed by atoms with Gasteiger partial charge in [0.15, 0.2) is 5.82 Å². The van der Waals surface area contributed by atoms with Crippen LogP contribution in [0.4, 0.5) is 8.78 Å². The summed E-state index contributed by atoms with van der Waals surface area (Å²) >= 11 is 0. The van der Waals surface area contributed by atoms with Crippen LogP contribution in [0.15, 0.2) is 35.7 Å². The fraction of sp³-hybridized carbons (Fsp3) is 0.250. The molecule has 0 fully saturated rings. The molecule has 0 aliphatic rings. The quantitative estimate of drug-likeness (QED) is 0.816. The van der Waals surface area contributed by atoms with Crippen molar-refractivity contribution in [3.05, 3.63) is 48.1 Å². The Morgan fingerprint density at radius 1 is 1.33 bits per heavy atom. The topological polar surface area (TPSA) is 90.0 Å². The number of nitrogens with two attached hydrogens (primary N) is 1. The zero-order chi connectivity index (χ0) is 15.5. The summed E-state index contributed by atoms with van der Waals surface area (Å²) in [4.78, 5) is 3.20. The Bertz CT molecular complexity index is 717. The Morgan fingerprint density at radius 2 is 2.10 bits per heavy atom. The van der Waals surface area contributed by atoms with E-state index in [9.17, 15) is 17.2 Å². The van der Waals surface area contributed by atoms with Crippen LogP contribution in [0.25, 0.3) is 0 Å². The summed E-state index contributed by atoms with van der Waals surface area (Å²) in [5, 5.41) is 0. The lowest BCUT2D eigenvalue weighted by Gasteiger charge is -2.10. The number of hydrogen-bond acceptors (Lipinski definition) is 4. The molecule has 1 heterocycles.